The molecule has 0 spiro atoms. The van der Waals surface area contributed by atoms with Crippen molar-refractivity contribution >= 4 is 17.5 Å². The highest BCUT2D eigenvalue weighted by molar-refractivity contribution is 6.18. The molecule has 0 aromatic heterocycles. The third kappa shape index (κ3) is 3.17. The Bertz CT molecular complexity index is 407. The average Bonchev–Trinajstić information content (AvgIpc) is 2.16. The summed E-state index contributed by atoms with van der Waals surface area (Å²) < 4.78 is 25.9. The minimum Gasteiger partial charge on any atom is -0.346 e. The fourth-order valence-electron chi connectivity index (χ4n) is 1.08. The van der Waals surface area contributed by atoms with Crippen LogP contribution in [-0.4, -0.2) is 17.3 Å². The molecule has 0 atom stereocenters. The molecule has 0 unspecified atom stereocenters. The molecular formula is C11H12ClF2NO. The lowest BCUT2D eigenvalue weighted by Crippen LogP contribution is -2.45. The number of hydrogen-bond donors (Lipinski definition) is 1. The Kier molecular flexibility index (Phi) is 3.86. The second kappa shape index (κ2) is 4.78. The fraction of sp³-hybridized carbons (Fsp3) is 0.364. The zero-order valence-corrected chi connectivity index (χ0v) is 9.74. The van der Waals surface area contributed by atoms with Crippen LogP contribution in [0, 0.1) is 11.6 Å². The van der Waals surface area contributed by atoms with Crippen LogP contribution in [0.1, 0.15) is 24.2 Å². The number of amides is 1. The molecule has 0 bridgehead atoms. The number of halogens is 3. The summed E-state index contributed by atoms with van der Waals surface area (Å²) >= 11 is 5.62. The molecule has 88 valence electrons. The summed E-state index contributed by atoms with van der Waals surface area (Å²) in [6.45, 7) is 3.42. The van der Waals surface area contributed by atoms with Crippen molar-refractivity contribution in [3.8, 4) is 0 Å². The largest absolute Gasteiger partial charge is 0.346 e. The molecule has 0 aliphatic heterocycles. The van der Waals surface area contributed by atoms with E-state index < -0.39 is 23.1 Å². The lowest BCUT2D eigenvalue weighted by atomic mass is 10.1. The minimum absolute atomic E-state index is 0.195. The molecule has 16 heavy (non-hydrogen) atoms. The molecular weight excluding hydrogens is 236 g/mol. The van der Waals surface area contributed by atoms with Crippen LogP contribution in [0.2, 0.25) is 0 Å². The van der Waals surface area contributed by atoms with Gasteiger partial charge in [-0.2, -0.15) is 0 Å². The van der Waals surface area contributed by atoms with E-state index in [1.165, 1.54) is 0 Å². The third-order valence-corrected chi connectivity index (χ3v) is 2.63. The predicted molar refractivity (Wildman–Crippen MR) is 58.6 cm³/mol. The Morgan fingerprint density at radius 1 is 1.44 bits per heavy atom. The van der Waals surface area contributed by atoms with E-state index in [4.69, 9.17) is 11.6 Å². The van der Waals surface area contributed by atoms with Crippen LogP contribution in [0.4, 0.5) is 8.78 Å². The molecule has 0 saturated heterocycles. The predicted octanol–water partition coefficient (Wildman–Crippen LogP) is 2.71. The van der Waals surface area contributed by atoms with Gasteiger partial charge in [0.25, 0.3) is 5.91 Å². The lowest BCUT2D eigenvalue weighted by molar-refractivity contribution is 0.0916. The van der Waals surface area contributed by atoms with Crippen LogP contribution in [0.5, 0.6) is 0 Å². The van der Waals surface area contributed by atoms with Gasteiger partial charge >= 0.3 is 0 Å². The molecule has 1 rings (SSSR count). The Balaban J connectivity index is 2.89. The first-order valence-corrected chi connectivity index (χ1v) is 5.23. The van der Waals surface area contributed by atoms with Crippen molar-refractivity contribution in [2.75, 3.05) is 5.88 Å². The summed E-state index contributed by atoms with van der Waals surface area (Å²) in [5.74, 6) is -2.02. The number of carbonyl (C=O) groups is 1. The first-order chi connectivity index (χ1) is 7.35. The lowest BCUT2D eigenvalue weighted by Gasteiger charge is -2.23. The van der Waals surface area contributed by atoms with Gasteiger partial charge in [0.1, 0.15) is 11.6 Å². The van der Waals surface area contributed by atoms with Crippen molar-refractivity contribution in [1.29, 1.82) is 0 Å². The fourth-order valence-corrected chi connectivity index (χ4v) is 1.15. The quantitative estimate of drug-likeness (QED) is 0.818. The van der Waals surface area contributed by atoms with Crippen molar-refractivity contribution in [1.82, 2.24) is 5.32 Å². The van der Waals surface area contributed by atoms with E-state index in [2.05, 4.69) is 5.32 Å². The molecule has 0 fully saturated rings. The van der Waals surface area contributed by atoms with E-state index in [1.54, 1.807) is 13.8 Å². The number of carbonyl (C=O) groups excluding carboxylic acids is 1. The second-order valence-electron chi connectivity index (χ2n) is 4.10. The maximum absolute atomic E-state index is 13.2. The van der Waals surface area contributed by atoms with Gasteiger partial charge in [-0.1, -0.05) is 0 Å². The topological polar surface area (TPSA) is 29.1 Å². The van der Waals surface area contributed by atoms with Gasteiger partial charge in [-0.25, -0.2) is 8.78 Å². The van der Waals surface area contributed by atoms with Gasteiger partial charge in [-0.05, 0) is 26.0 Å². The monoisotopic (exact) mass is 247 g/mol. The zero-order valence-electron chi connectivity index (χ0n) is 8.98. The van der Waals surface area contributed by atoms with E-state index in [0.29, 0.717) is 6.07 Å². The molecule has 0 aliphatic rings. The van der Waals surface area contributed by atoms with E-state index in [9.17, 15) is 13.6 Å². The maximum Gasteiger partial charge on any atom is 0.254 e. The van der Waals surface area contributed by atoms with Crippen LogP contribution in [-0.2, 0) is 0 Å². The summed E-state index contributed by atoms with van der Waals surface area (Å²) in [4.78, 5) is 11.6. The number of rotatable bonds is 3. The zero-order chi connectivity index (χ0) is 12.3. The Hall–Kier alpha value is -1.16. The average molecular weight is 248 g/mol. The van der Waals surface area contributed by atoms with Crippen molar-refractivity contribution in [2.45, 2.75) is 19.4 Å². The van der Waals surface area contributed by atoms with Crippen LogP contribution >= 0.6 is 11.6 Å². The van der Waals surface area contributed by atoms with Crippen molar-refractivity contribution in [2.24, 2.45) is 0 Å². The van der Waals surface area contributed by atoms with Crippen molar-refractivity contribution in [3.05, 3.63) is 35.4 Å². The molecule has 0 aliphatic carbocycles. The highest BCUT2D eigenvalue weighted by atomic mass is 35.5. The normalized spacial score (nSPS) is 11.3. The molecule has 2 nitrogen and oxygen atoms in total. The van der Waals surface area contributed by atoms with Crippen LogP contribution in [0.15, 0.2) is 18.2 Å². The SMILES string of the molecule is CC(C)(CCl)NC(=O)c1ccc(F)cc1F. The molecule has 5 heteroatoms. The third-order valence-electron chi connectivity index (χ3n) is 1.96. The molecule has 1 N–H and O–H groups in total. The van der Waals surface area contributed by atoms with Gasteiger partial charge in [0.15, 0.2) is 0 Å². The number of benzene rings is 1. The molecule has 0 heterocycles. The number of alkyl halides is 1. The van der Waals surface area contributed by atoms with E-state index in [0.717, 1.165) is 12.1 Å². The first kappa shape index (κ1) is 12.9. The summed E-state index contributed by atoms with van der Waals surface area (Å²) in [6, 6.07) is 2.80. The van der Waals surface area contributed by atoms with Crippen molar-refractivity contribution < 1.29 is 13.6 Å². The molecule has 1 amide bonds. The summed E-state index contributed by atoms with van der Waals surface area (Å²) in [6.07, 6.45) is 0. The minimum atomic E-state index is -0.886. The first-order valence-electron chi connectivity index (χ1n) is 4.69. The summed E-state index contributed by atoms with van der Waals surface area (Å²) in [5.41, 5.74) is -0.834. The highest BCUT2D eigenvalue weighted by Gasteiger charge is 2.21. The van der Waals surface area contributed by atoms with Gasteiger partial charge < -0.3 is 5.32 Å². The number of nitrogens with one attached hydrogen (secondary N) is 1. The summed E-state index contributed by atoms with van der Waals surface area (Å²) in [5, 5.41) is 2.55. The van der Waals surface area contributed by atoms with E-state index in [1.807, 2.05) is 0 Å². The standard InChI is InChI=1S/C11H12ClF2NO/c1-11(2,6-12)15-10(16)8-4-3-7(13)5-9(8)14/h3-5H,6H2,1-2H3,(H,15,16). The van der Waals surface area contributed by atoms with E-state index >= 15 is 0 Å². The van der Waals surface area contributed by atoms with Gasteiger partial charge in [0, 0.05) is 17.5 Å². The van der Waals surface area contributed by atoms with Gasteiger partial charge in [-0.15, -0.1) is 11.6 Å². The van der Waals surface area contributed by atoms with Crippen molar-refractivity contribution in [3.63, 3.8) is 0 Å². The Labute approximate surface area is 97.6 Å². The Morgan fingerprint density at radius 3 is 2.56 bits per heavy atom. The second-order valence-corrected chi connectivity index (χ2v) is 4.36. The maximum atomic E-state index is 13.2. The number of hydrogen-bond acceptors (Lipinski definition) is 1. The van der Waals surface area contributed by atoms with Crippen LogP contribution < -0.4 is 5.32 Å². The molecule has 1 aromatic rings. The van der Waals surface area contributed by atoms with Gasteiger partial charge in [-0.3, -0.25) is 4.79 Å². The van der Waals surface area contributed by atoms with Crippen LogP contribution in [0.3, 0.4) is 0 Å². The van der Waals surface area contributed by atoms with Gasteiger partial charge in [0.2, 0.25) is 0 Å². The Morgan fingerprint density at radius 2 is 2.06 bits per heavy atom. The molecule has 1 aromatic carbocycles. The smallest absolute Gasteiger partial charge is 0.254 e. The highest BCUT2D eigenvalue weighted by Crippen LogP contribution is 2.12. The summed E-state index contributed by atoms with van der Waals surface area (Å²) in [7, 11) is 0. The van der Waals surface area contributed by atoms with Gasteiger partial charge in [0.05, 0.1) is 5.56 Å². The van der Waals surface area contributed by atoms with E-state index in [-0.39, 0.29) is 11.4 Å². The molecule has 0 saturated carbocycles. The molecule has 0 radical (unpaired) electrons. The van der Waals surface area contributed by atoms with Crippen LogP contribution in [0.25, 0.3) is 0 Å².